The van der Waals surface area contributed by atoms with Crippen LogP contribution in [0.15, 0.2) is 0 Å². The van der Waals surface area contributed by atoms with Gasteiger partial charge in [0.2, 0.25) is 5.91 Å². The van der Waals surface area contributed by atoms with E-state index in [2.05, 4.69) is 29.0 Å². The zero-order chi connectivity index (χ0) is 15.7. The Kier molecular flexibility index (Phi) is 11.2. The van der Waals surface area contributed by atoms with Crippen molar-refractivity contribution in [3.05, 3.63) is 0 Å². The van der Waals surface area contributed by atoms with E-state index in [1.165, 1.54) is 19.3 Å². The highest BCUT2D eigenvalue weighted by Gasteiger charge is 2.49. The van der Waals surface area contributed by atoms with Crippen LogP contribution in [0.4, 0.5) is 0 Å². The molecule has 150 valence electrons. The smallest absolute Gasteiger partial charge is 0.225 e. The number of hydrogen-bond acceptors (Lipinski definition) is 4. The first-order valence-corrected chi connectivity index (χ1v) is 9.09. The molecule has 5 unspecified atom stereocenters. The Bertz CT molecular complexity index is 405. The summed E-state index contributed by atoms with van der Waals surface area (Å²) in [4.78, 5) is 17.5. The van der Waals surface area contributed by atoms with Crippen LogP contribution in [0.25, 0.3) is 0 Å². The van der Waals surface area contributed by atoms with Gasteiger partial charge >= 0.3 is 0 Å². The molecule has 1 amide bonds. The van der Waals surface area contributed by atoms with Crippen LogP contribution in [-0.2, 0) is 4.79 Å². The lowest BCUT2D eigenvalue weighted by molar-refractivity contribution is -0.127. The van der Waals surface area contributed by atoms with E-state index in [-0.39, 0.29) is 55.1 Å². The number of carbonyl (C=O) groups excluding carboxylic acids is 1. The molecular formula is C17H35Cl3N4O. The first-order chi connectivity index (χ1) is 10.6. The van der Waals surface area contributed by atoms with Crippen LogP contribution >= 0.6 is 37.2 Å². The van der Waals surface area contributed by atoms with Gasteiger partial charge in [0.05, 0.1) is 5.92 Å². The number of halogens is 3. The summed E-state index contributed by atoms with van der Waals surface area (Å²) < 4.78 is 0. The number of carbonyl (C=O) groups is 1. The first kappa shape index (κ1) is 25.2. The molecule has 3 N–H and O–H groups in total. The molecule has 25 heavy (non-hydrogen) atoms. The molecule has 1 heterocycles. The summed E-state index contributed by atoms with van der Waals surface area (Å²) in [5, 5.41) is 3.19. The largest absolute Gasteiger partial charge is 0.354 e. The second-order valence-electron chi connectivity index (χ2n) is 7.50. The van der Waals surface area contributed by atoms with E-state index in [1.807, 2.05) is 0 Å². The zero-order valence-electron chi connectivity index (χ0n) is 15.4. The molecule has 5 atom stereocenters. The number of likely N-dealkylation sites (N-methyl/N-ethyl adjacent to an activating group) is 1. The second kappa shape index (κ2) is 11.2. The van der Waals surface area contributed by atoms with Crippen molar-refractivity contribution in [1.29, 1.82) is 0 Å². The SMILES string of the molecule is CCN1CCN(C(C)CNC(=O)C2C3CCC(C3)C2N)CC1.Cl.Cl.Cl. The molecule has 1 aliphatic heterocycles. The molecule has 3 rings (SSSR count). The second-order valence-corrected chi connectivity index (χ2v) is 7.50. The molecule has 0 spiro atoms. The maximum Gasteiger partial charge on any atom is 0.225 e. The Hall–Kier alpha value is 0.220. The van der Waals surface area contributed by atoms with Crippen molar-refractivity contribution in [3.8, 4) is 0 Å². The van der Waals surface area contributed by atoms with E-state index in [0.29, 0.717) is 17.9 Å². The van der Waals surface area contributed by atoms with E-state index >= 15 is 0 Å². The molecule has 0 aromatic rings. The molecular weight excluding hydrogens is 383 g/mol. The van der Waals surface area contributed by atoms with Crippen molar-refractivity contribution in [2.24, 2.45) is 23.5 Å². The number of nitrogens with two attached hydrogens (primary N) is 1. The fourth-order valence-corrected chi connectivity index (χ4v) is 4.74. The third kappa shape index (κ3) is 5.60. The molecule has 2 bridgehead atoms. The van der Waals surface area contributed by atoms with Gasteiger partial charge in [-0.2, -0.15) is 0 Å². The van der Waals surface area contributed by atoms with Gasteiger partial charge in [-0.25, -0.2) is 0 Å². The van der Waals surface area contributed by atoms with E-state index in [4.69, 9.17) is 5.73 Å². The highest BCUT2D eigenvalue weighted by Crippen LogP contribution is 2.47. The quantitative estimate of drug-likeness (QED) is 0.715. The zero-order valence-corrected chi connectivity index (χ0v) is 17.8. The summed E-state index contributed by atoms with van der Waals surface area (Å²) in [5.74, 6) is 1.42. The number of amides is 1. The number of nitrogens with one attached hydrogen (secondary N) is 1. The summed E-state index contributed by atoms with van der Waals surface area (Å²) >= 11 is 0. The maximum atomic E-state index is 12.5. The molecule has 2 saturated carbocycles. The van der Waals surface area contributed by atoms with E-state index < -0.39 is 0 Å². The lowest BCUT2D eigenvalue weighted by atomic mass is 9.84. The predicted octanol–water partition coefficient (Wildman–Crippen LogP) is 1.77. The third-order valence-electron chi connectivity index (χ3n) is 6.33. The standard InChI is InChI=1S/C17H32N4O.3ClH/c1-3-20-6-8-21(9-7-20)12(2)11-19-17(22)15-13-4-5-14(10-13)16(15)18;;;/h12-16H,3-11,18H2,1-2H3,(H,19,22);3*1H. The van der Waals surface area contributed by atoms with Crippen LogP contribution in [0, 0.1) is 17.8 Å². The summed E-state index contributed by atoms with van der Waals surface area (Å²) in [6.07, 6.45) is 3.60. The van der Waals surface area contributed by atoms with Crippen LogP contribution in [-0.4, -0.2) is 67.1 Å². The van der Waals surface area contributed by atoms with Crippen molar-refractivity contribution in [2.75, 3.05) is 39.3 Å². The van der Waals surface area contributed by atoms with Gasteiger partial charge in [-0.15, -0.1) is 37.2 Å². The Labute approximate surface area is 171 Å². The van der Waals surface area contributed by atoms with Crippen molar-refractivity contribution in [2.45, 2.75) is 45.2 Å². The minimum absolute atomic E-state index is 0. The van der Waals surface area contributed by atoms with Gasteiger partial charge in [-0.05, 0) is 44.6 Å². The number of piperazine rings is 1. The van der Waals surface area contributed by atoms with Gasteiger partial charge in [-0.3, -0.25) is 9.69 Å². The van der Waals surface area contributed by atoms with E-state index in [0.717, 1.165) is 39.3 Å². The van der Waals surface area contributed by atoms with Crippen LogP contribution < -0.4 is 11.1 Å². The average molecular weight is 418 g/mol. The van der Waals surface area contributed by atoms with Gasteiger partial charge in [0.25, 0.3) is 0 Å². The van der Waals surface area contributed by atoms with Crippen LogP contribution in [0.1, 0.15) is 33.1 Å². The van der Waals surface area contributed by atoms with Gasteiger partial charge in [0, 0.05) is 44.8 Å². The summed E-state index contributed by atoms with van der Waals surface area (Å²) in [7, 11) is 0. The molecule has 8 heteroatoms. The fourth-order valence-electron chi connectivity index (χ4n) is 4.74. The summed E-state index contributed by atoms with van der Waals surface area (Å²) in [5.41, 5.74) is 6.27. The molecule has 3 aliphatic rings. The van der Waals surface area contributed by atoms with E-state index in [9.17, 15) is 4.79 Å². The lowest BCUT2D eigenvalue weighted by Crippen LogP contribution is -2.53. The number of rotatable bonds is 5. The molecule has 5 nitrogen and oxygen atoms in total. The number of nitrogens with zero attached hydrogens (tertiary/aromatic N) is 2. The molecule has 0 aromatic carbocycles. The van der Waals surface area contributed by atoms with Gasteiger partial charge in [0.1, 0.15) is 0 Å². The third-order valence-corrected chi connectivity index (χ3v) is 6.33. The monoisotopic (exact) mass is 416 g/mol. The van der Waals surface area contributed by atoms with Crippen molar-refractivity contribution < 1.29 is 4.79 Å². The Balaban J connectivity index is 0.00000192. The predicted molar refractivity (Wildman–Crippen MR) is 110 cm³/mol. The minimum Gasteiger partial charge on any atom is -0.354 e. The Morgan fingerprint density at radius 1 is 1.12 bits per heavy atom. The number of fused-ring (bicyclic) bond motifs is 2. The van der Waals surface area contributed by atoms with Crippen LogP contribution in [0.2, 0.25) is 0 Å². The Morgan fingerprint density at radius 3 is 2.24 bits per heavy atom. The van der Waals surface area contributed by atoms with E-state index in [1.54, 1.807) is 0 Å². The molecule has 3 fully saturated rings. The van der Waals surface area contributed by atoms with Gasteiger partial charge in [-0.1, -0.05) is 6.92 Å². The topological polar surface area (TPSA) is 61.6 Å². The summed E-state index contributed by atoms with van der Waals surface area (Å²) in [6.45, 7) is 10.8. The van der Waals surface area contributed by atoms with Crippen molar-refractivity contribution in [1.82, 2.24) is 15.1 Å². The first-order valence-electron chi connectivity index (χ1n) is 9.09. The van der Waals surface area contributed by atoms with Gasteiger partial charge < -0.3 is 16.0 Å². The lowest BCUT2D eigenvalue weighted by Gasteiger charge is -2.38. The van der Waals surface area contributed by atoms with Crippen molar-refractivity contribution >= 4 is 43.1 Å². The number of hydrogen-bond donors (Lipinski definition) is 2. The van der Waals surface area contributed by atoms with Crippen LogP contribution in [0.3, 0.4) is 0 Å². The highest BCUT2D eigenvalue weighted by atomic mass is 35.5. The molecule has 0 aromatic heterocycles. The normalized spacial score (nSPS) is 32.9. The van der Waals surface area contributed by atoms with Gasteiger partial charge in [0.15, 0.2) is 0 Å². The van der Waals surface area contributed by atoms with Crippen molar-refractivity contribution in [3.63, 3.8) is 0 Å². The molecule has 2 aliphatic carbocycles. The highest BCUT2D eigenvalue weighted by molar-refractivity contribution is 5.86. The molecule has 0 radical (unpaired) electrons. The molecule has 1 saturated heterocycles. The minimum atomic E-state index is 0. The maximum absolute atomic E-state index is 12.5. The van der Waals surface area contributed by atoms with Crippen LogP contribution in [0.5, 0.6) is 0 Å². The average Bonchev–Trinajstić information content (AvgIpc) is 3.13. The Morgan fingerprint density at radius 2 is 1.72 bits per heavy atom. The fraction of sp³-hybridized carbons (Fsp3) is 0.941. The summed E-state index contributed by atoms with van der Waals surface area (Å²) in [6, 6.07) is 0.514.